The summed E-state index contributed by atoms with van der Waals surface area (Å²) in [6.45, 7) is 2.40. The minimum absolute atomic E-state index is 0.0914. The number of carbonyl (C=O) groups excluding carboxylic acids is 2. The molecule has 1 aromatic rings. The molecular weight excluding hydrogens is 238 g/mol. The van der Waals surface area contributed by atoms with Crippen LogP contribution in [0.25, 0.3) is 0 Å². The van der Waals surface area contributed by atoms with Gasteiger partial charge in [-0.1, -0.05) is 0 Å². The molecule has 0 saturated heterocycles. The van der Waals surface area contributed by atoms with E-state index in [1.54, 1.807) is 25.3 Å². The van der Waals surface area contributed by atoms with Gasteiger partial charge in [0, 0.05) is 6.20 Å². The van der Waals surface area contributed by atoms with E-state index in [0.717, 1.165) is 0 Å². The molecule has 0 unspecified atom stereocenters. The lowest BCUT2D eigenvalue weighted by Gasteiger charge is -2.09. The summed E-state index contributed by atoms with van der Waals surface area (Å²) in [6, 6.07) is 3.24. The number of nitrogens with one attached hydrogen (secondary N) is 1. The zero-order chi connectivity index (χ0) is 13.4. The van der Waals surface area contributed by atoms with Gasteiger partial charge in [-0.25, -0.2) is 14.6 Å². The predicted octanol–water partition coefficient (Wildman–Crippen LogP) is 0.766. The average molecular weight is 253 g/mol. The Balaban J connectivity index is 2.59. The number of hydrogen-bond donors (Lipinski definition) is 2. The van der Waals surface area contributed by atoms with E-state index in [9.17, 15) is 9.59 Å². The third-order valence-corrected chi connectivity index (χ3v) is 1.94. The maximum absolute atomic E-state index is 11.6. The smallest absolute Gasteiger partial charge is 0.404 e. The van der Waals surface area contributed by atoms with Crippen LogP contribution >= 0.6 is 0 Å². The largest absolute Gasteiger partial charge is 0.462 e. The van der Waals surface area contributed by atoms with Gasteiger partial charge in [-0.15, -0.1) is 0 Å². The van der Waals surface area contributed by atoms with Crippen LogP contribution in [-0.4, -0.2) is 36.8 Å². The number of esters is 1. The molecule has 0 aliphatic heterocycles. The first-order valence-electron chi connectivity index (χ1n) is 5.43. The van der Waals surface area contributed by atoms with Crippen LogP contribution in [0.15, 0.2) is 18.3 Å². The molecule has 1 rings (SSSR count). The first-order chi connectivity index (χ1) is 8.65. The number of rotatable bonds is 6. The van der Waals surface area contributed by atoms with Crippen molar-refractivity contribution in [3.63, 3.8) is 0 Å². The zero-order valence-electron chi connectivity index (χ0n) is 10.0. The maximum Gasteiger partial charge on any atom is 0.404 e. The van der Waals surface area contributed by atoms with Crippen LogP contribution in [0, 0.1) is 0 Å². The van der Waals surface area contributed by atoms with Gasteiger partial charge in [-0.05, 0) is 19.1 Å². The van der Waals surface area contributed by atoms with Crippen molar-refractivity contribution in [2.75, 3.05) is 25.1 Å². The summed E-state index contributed by atoms with van der Waals surface area (Å²) in [5.74, 6) is -0.0760. The Morgan fingerprint density at radius 2 is 2.22 bits per heavy atom. The van der Waals surface area contributed by atoms with Crippen molar-refractivity contribution in [2.24, 2.45) is 5.73 Å². The summed E-state index contributed by atoms with van der Waals surface area (Å²) < 4.78 is 9.43. The lowest BCUT2D eigenvalue weighted by Crippen LogP contribution is -2.19. The number of nitrogens with two attached hydrogens (primary N) is 1. The van der Waals surface area contributed by atoms with E-state index in [1.165, 1.54) is 0 Å². The number of carbonyl (C=O) groups is 2. The SMILES string of the molecule is CCOC(=O)c1cccnc1NCCOC(N)=O. The molecule has 1 amide bonds. The number of hydrogen-bond acceptors (Lipinski definition) is 6. The first kappa shape index (κ1) is 13.8. The molecule has 1 aromatic heterocycles. The van der Waals surface area contributed by atoms with E-state index in [-0.39, 0.29) is 13.2 Å². The van der Waals surface area contributed by atoms with Crippen molar-refractivity contribution >= 4 is 17.9 Å². The fourth-order valence-electron chi connectivity index (χ4n) is 1.24. The molecule has 0 spiro atoms. The number of amides is 1. The topological polar surface area (TPSA) is 104 Å². The minimum atomic E-state index is -0.844. The number of nitrogens with zero attached hydrogens (tertiary/aromatic N) is 1. The number of pyridine rings is 1. The Labute approximate surface area is 104 Å². The Morgan fingerprint density at radius 1 is 1.44 bits per heavy atom. The van der Waals surface area contributed by atoms with Crippen molar-refractivity contribution in [1.82, 2.24) is 4.98 Å². The Bertz CT molecular complexity index is 423. The molecule has 0 aromatic carbocycles. The number of anilines is 1. The van der Waals surface area contributed by atoms with Crippen molar-refractivity contribution < 1.29 is 19.1 Å². The molecule has 7 heteroatoms. The van der Waals surface area contributed by atoms with Gasteiger partial charge in [0.1, 0.15) is 18.0 Å². The van der Waals surface area contributed by atoms with Crippen LogP contribution in [0.5, 0.6) is 0 Å². The zero-order valence-corrected chi connectivity index (χ0v) is 10.0. The van der Waals surface area contributed by atoms with Crippen LogP contribution in [0.2, 0.25) is 0 Å². The van der Waals surface area contributed by atoms with Gasteiger partial charge in [0.25, 0.3) is 0 Å². The summed E-state index contributed by atoms with van der Waals surface area (Å²) in [5.41, 5.74) is 5.14. The highest BCUT2D eigenvalue weighted by atomic mass is 16.5. The molecule has 0 aliphatic rings. The molecule has 18 heavy (non-hydrogen) atoms. The van der Waals surface area contributed by atoms with Gasteiger partial charge in [0.2, 0.25) is 0 Å². The summed E-state index contributed by atoms with van der Waals surface area (Å²) in [4.78, 5) is 26.0. The Morgan fingerprint density at radius 3 is 2.89 bits per heavy atom. The van der Waals surface area contributed by atoms with E-state index < -0.39 is 12.1 Å². The normalized spacial score (nSPS) is 9.61. The second kappa shape index (κ2) is 7.10. The highest BCUT2D eigenvalue weighted by Crippen LogP contribution is 2.12. The van der Waals surface area contributed by atoms with Crippen molar-refractivity contribution in [1.29, 1.82) is 0 Å². The molecule has 3 N–H and O–H groups in total. The summed E-state index contributed by atoms with van der Waals surface area (Å²) >= 11 is 0. The molecular formula is C11H15N3O4. The maximum atomic E-state index is 11.6. The number of aromatic nitrogens is 1. The van der Waals surface area contributed by atoms with Gasteiger partial charge in [-0.3, -0.25) is 0 Å². The van der Waals surface area contributed by atoms with Gasteiger partial charge in [0.15, 0.2) is 0 Å². The van der Waals surface area contributed by atoms with Crippen LogP contribution in [0.4, 0.5) is 10.6 Å². The van der Waals surface area contributed by atoms with E-state index in [4.69, 9.17) is 10.5 Å². The highest BCUT2D eigenvalue weighted by Gasteiger charge is 2.12. The fourth-order valence-corrected chi connectivity index (χ4v) is 1.24. The van der Waals surface area contributed by atoms with Crippen molar-refractivity contribution in [3.8, 4) is 0 Å². The summed E-state index contributed by atoms with van der Waals surface area (Å²) in [7, 11) is 0. The van der Waals surface area contributed by atoms with Gasteiger partial charge in [-0.2, -0.15) is 0 Å². The molecule has 1 heterocycles. The van der Waals surface area contributed by atoms with E-state index in [0.29, 0.717) is 17.9 Å². The lowest BCUT2D eigenvalue weighted by molar-refractivity contribution is 0.0527. The van der Waals surface area contributed by atoms with Crippen LogP contribution in [-0.2, 0) is 9.47 Å². The molecule has 0 saturated carbocycles. The van der Waals surface area contributed by atoms with Gasteiger partial charge >= 0.3 is 12.1 Å². The van der Waals surface area contributed by atoms with Crippen molar-refractivity contribution in [3.05, 3.63) is 23.9 Å². The Kier molecular flexibility index (Phi) is 5.43. The van der Waals surface area contributed by atoms with Crippen molar-refractivity contribution in [2.45, 2.75) is 6.92 Å². The molecule has 0 aliphatic carbocycles. The third kappa shape index (κ3) is 4.28. The molecule has 0 atom stereocenters. The second-order valence-corrected chi connectivity index (χ2v) is 3.21. The Hall–Kier alpha value is -2.31. The number of primary amides is 1. The van der Waals surface area contributed by atoms with Crippen LogP contribution in [0.3, 0.4) is 0 Å². The van der Waals surface area contributed by atoms with E-state index >= 15 is 0 Å². The quantitative estimate of drug-likeness (QED) is 0.573. The van der Waals surface area contributed by atoms with Gasteiger partial charge < -0.3 is 20.5 Å². The second-order valence-electron chi connectivity index (χ2n) is 3.21. The van der Waals surface area contributed by atoms with Crippen LogP contribution in [0.1, 0.15) is 17.3 Å². The fraction of sp³-hybridized carbons (Fsp3) is 0.364. The molecule has 0 fully saturated rings. The van der Waals surface area contributed by atoms with E-state index in [2.05, 4.69) is 15.0 Å². The highest BCUT2D eigenvalue weighted by molar-refractivity contribution is 5.94. The average Bonchev–Trinajstić information content (AvgIpc) is 2.35. The lowest BCUT2D eigenvalue weighted by atomic mass is 10.2. The predicted molar refractivity (Wildman–Crippen MR) is 64.2 cm³/mol. The monoisotopic (exact) mass is 253 g/mol. The molecule has 0 bridgehead atoms. The third-order valence-electron chi connectivity index (χ3n) is 1.94. The van der Waals surface area contributed by atoms with Gasteiger partial charge in [0.05, 0.1) is 13.2 Å². The van der Waals surface area contributed by atoms with Crippen LogP contribution < -0.4 is 11.1 Å². The first-order valence-corrected chi connectivity index (χ1v) is 5.43. The molecule has 0 radical (unpaired) electrons. The summed E-state index contributed by atoms with van der Waals surface area (Å²) in [6.07, 6.45) is 0.698. The standard InChI is InChI=1S/C11H15N3O4/c1-2-17-10(15)8-4-3-5-13-9(8)14-6-7-18-11(12)16/h3-5H,2,6-7H2,1H3,(H2,12,16)(H,13,14). The minimum Gasteiger partial charge on any atom is -0.462 e. The molecule has 7 nitrogen and oxygen atoms in total. The van der Waals surface area contributed by atoms with E-state index in [1.807, 2.05) is 0 Å². The number of ether oxygens (including phenoxy) is 2. The summed E-state index contributed by atoms with van der Waals surface area (Å²) in [5, 5.41) is 2.86. The molecule has 98 valence electrons.